The zero-order valence-corrected chi connectivity index (χ0v) is 15.2. The molecule has 11 heteroatoms. The van der Waals surface area contributed by atoms with Crippen molar-refractivity contribution in [3.63, 3.8) is 0 Å². The molecule has 1 aliphatic heterocycles. The number of hydrogen-bond acceptors (Lipinski definition) is 5. The molecule has 3 aromatic rings. The van der Waals surface area contributed by atoms with Crippen molar-refractivity contribution >= 4 is 28.7 Å². The molecule has 8 nitrogen and oxygen atoms in total. The third-order valence-electron chi connectivity index (χ3n) is 4.68. The molecule has 2 aromatic heterocycles. The second-order valence-corrected chi connectivity index (χ2v) is 6.70. The minimum atomic E-state index is -4.66. The Hall–Kier alpha value is -3.37. The Bertz CT molecular complexity index is 998. The number of rotatable bonds is 3. The Kier molecular flexibility index (Phi) is 4.95. The van der Waals surface area contributed by atoms with Crippen LogP contribution in [0.2, 0.25) is 0 Å². The summed E-state index contributed by atoms with van der Waals surface area (Å²) in [4.78, 5) is 27.8. The predicted octanol–water partition coefficient (Wildman–Crippen LogP) is 3.16. The molecule has 0 atom stereocenters. The number of aromatic amines is 1. The average Bonchev–Trinajstić information content (AvgIpc) is 3.17. The van der Waals surface area contributed by atoms with Crippen LogP contribution in [0.3, 0.4) is 0 Å². The normalized spacial score (nSPS) is 15.5. The lowest BCUT2D eigenvalue weighted by molar-refractivity contribution is -0.144. The summed E-state index contributed by atoms with van der Waals surface area (Å²) in [5.74, 6) is -1.04. The minimum Gasteiger partial charge on any atom is -0.355 e. The molecule has 3 N–H and O–H groups in total. The molecule has 4 rings (SSSR count). The molecule has 0 saturated carbocycles. The van der Waals surface area contributed by atoms with E-state index in [0.717, 1.165) is 0 Å². The van der Waals surface area contributed by atoms with Gasteiger partial charge in [0.1, 0.15) is 5.52 Å². The third kappa shape index (κ3) is 4.23. The zero-order chi connectivity index (χ0) is 20.4. The summed E-state index contributed by atoms with van der Waals surface area (Å²) < 4.78 is 39.4. The SMILES string of the molecule is O=C(Nc1ccccc1)NC1CCN(c2nc(C(F)(F)F)nc3nc[nH]c23)CC1. The van der Waals surface area contributed by atoms with Gasteiger partial charge in [-0.2, -0.15) is 13.2 Å². The second kappa shape index (κ2) is 7.57. The first kappa shape index (κ1) is 19.0. The van der Waals surface area contributed by atoms with E-state index in [1.807, 2.05) is 18.2 Å². The van der Waals surface area contributed by atoms with Gasteiger partial charge in [-0.1, -0.05) is 18.2 Å². The smallest absolute Gasteiger partial charge is 0.355 e. The number of halogens is 3. The molecule has 1 fully saturated rings. The molecule has 1 saturated heterocycles. The molecular weight excluding hydrogens is 387 g/mol. The summed E-state index contributed by atoms with van der Waals surface area (Å²) in [5.41, 5.74) is 1.03. The van der Waals surface area contributed by atoms with Crippen molar-refractivity contribution in [2.75, 3.05) is 23.3 Å². The van der Waals surface area contributed by atoms with Crippen LogP contribution in [-0.2, 0) is 6.18 Å². The highest BCUT2D eigenvalue weighted by Crippen LogP contribution is 2.31. The fraction of sp³-hybridized carbons (Fsp3) is 0.333. The highest BCUT2D eigenvalue weighted by Gasteiger charge is 2.37. The van der Waals surface area contributed by atoms with Crippen LogP contribution in [0.1, 0.15) is 18.7 Å². The number of urea groups is 1. The fourth-order valence-corrected chi connectivity index (χ4v) is 3.28. The molecule has 0 radical (unpaired) electrons. The highest BCUT2D eigenvalue weighted by molar-refractivity contribution is 5.89. The van der Waals surface area contributed by atoms with E-state index in [4.69, 9.17) is 0 Å². The Balaban J connectivity index is 1.42. The van der Waals surface area contributed by atoms with Gasteiger partial charge in [0, 0.05) is 24.8 Å². The van der Waals surface area contributed by atoms with Gasteiger partial charge in [-0.25, -0.2) is 19.7 Å². The van der Waals surface area contributed by atoms with Gasteiger partial charge in [0.15, 0.2) is 11.5 Å². The summed E-state index contributed by atoms with van der Waals surface area (Å²) in [5, 5.41) is 5.65. The number of imidazole rings is 1. The third-order valence-corrected chi connectivity index (χ3v) is 4.68. The molecule has 0 bridgehead atoms. The summed E-state index contributed by atoms with van der Waals surface area (Å²) in [6.45, 7) is 0.886. The van der Waals surface area contributed by atoms with Crippen LogP contribution in [0, 0.1) is 0 Å². The number of carbonyl (C=O) groups is 1. The fourth-order valence-electron chi connectivity index (χ4n) is 3.28. The number of alkyl halides is 3. The standard InChI is InChI=1S/C18H18F3N7O/c19-18(20,21)16-26-14-13(22-10-23-14)15(27-16)28-8-6-12(7-9-28)25-17(29)24-11-4-2-1-3-5-11/h1-5,10,12H,6-9H2,(H2,24,25,29)(H,22,23,26,27). The number of hydrogen-bond donors (Lipinski definition) is 3. The van der Waals surface area contributed by atoms with E-state index in [-0.39, 0.29) is 23.5 Å². The number of piperidine rings is 1. The molecule has 0 aliphatic carbocycles. The Morgan fingerprint density at radius 3 is 2.55 bits per heavy atom. The first-order chi connectivity index (χ1) is 13.9. The van der Waals surface area contributed by atoms with Crippen LogP contribution in [0.15, 0.2) is 36.7 Å². The molecule has 152 valence electrons. The molecule has 0 unspecified atom stereocenters. The van der Waals surface area contributed by atoms with Crippen molar-refractivity contribution < 1.29 is 18.0 Å². The maximum absolute atomic E-state index is 13.1. The number of para-hydroxylation sites is 1. The van der Waals surface area contributed by atoms with Gasteiger partial charge in [-0.3, -0.25) is 0 Å². The number of fused-ring (bicyclic) bond motifs is 1. The molecule has 29 heavy (non-hydrogen) atoms. The van der Waals surface area contributed by atoms with Gasteiger partial charge >= 0.3 is 12.2 Å². The van der Waals surface area contributed by atoms with Gasteiger partial charge in [-0.05, 0) is 25.0 Å². The lowest BCUT2D eigenvalue weighted by Gasteiger charge is -2.33. The van der Waals surface area contributed by atoms with Gasteiger partial charge in [0.05, 0.1) is 6.33 Å². The molecule has 1 aliphatic rings. The number of carbonyl (C=O) groups excluding carboxylic acids is 1. The number of aromatic nitrogens is 4. The van der Waals surface area contributed by atoms with Crippen LogP contribution in [0.5, 0.6) is 0 Å². The molecule has 2 amide bonds. The van der Waals surface area contributed by atoms with E-state index < -0.39 is 12.0 Å². The molecule has 3 heterocycles. The highest BCUT2D eigenvalue weighted by atomic mass is 19.4. The first-order valence-corrected chi connectivity index (χ1v) is 9.06. The summed E-state index contributed by atoms with van der Waals surface area (Å²) >= 11 is 0. The van der Waals surface area contributed by atoms with E-state index in [1.165, 1.54) is 6.33 Å². The van der Waals surface area contributed by atoms with E-state index in [0.29, 0.717) is 37.1 Å². The van der Waals surface area contributed by atoms with Crippen molar-refractivity contribution in [3.8, 4) is 0 Å². The Morgan fingerprint density at radius 1 is 1.14 bits per heavy atom. The summed E-state index contributed by atoms with van der Waals surface area (Å²) in [6.07, 6.45) is -2.21. The number of H-pyrrole nitrogens is 1. The van der Waals surface area contributed by atoms with Crippen molar-refractivity contribution in [3.05, 3.63) is 42.5 Å². The number of nitrogens with zero attached hydrogens (tertiary/aromatic N) is 4. The van der Waals surface area contributed by atoms with Crippen molar-refractivity contribution in [1.82, 2.24) is 25.3 Å². The quantitative estimate of drug-likeness (QED) is 0.622. The maximum atomic E-state index is 13.1. The Labute approximate surface area is 163 Å². The van der Waals surface area contributed by atoms with E-state index in [1.54, 1.807) is 17.0 Å². The molecule has 1 aromatic carbocycles. The topological polar surface area (TPSA) is 98.8 Å². The first-order valence-electron chi connectivity index (χ1n) is 9.06. The Morgan fingerprint density at radius 2 is 1.86 bits per heavy atom. The van der Waals surface area contributed by atoms with E-state index in [9.17, 15) is 18.0 Å². The van der Waals surface area contributed by atoms with Crippen LogP contribution >= 0.6 is 0 Å². The number of benzene rings is 1. The predicted molar refractivity (Wildman–Crippen MR) is 101 cm³/mol. The van der Waals surface area contributed by atoms with E-state index in [2.05, 4.69) is 30.6 Å². The van der Waals surface area contributed by atoms with Gasteiger partial charge in [-0.15, -0.1) is 0 Å². The van der Waals surface area contributed by atoms with Crippen molar-refractivity contribution in [2.24, 2.45) is 0 Å². The second-order valence-electron chi connectivity index (χ2n) is 6.70. The number of nitrogens with one attached hydrogen (secondary N) is 3. The molecule has 0 spiro atoms. The maximum Gasteiger partial charge on any atom is 0.451 e. The lowest BCUT2D eigenvalue weighted by Crippen LogP contribution is -2.46. The van der Waals surface area contributed by atoms with Gasteiger partial charge in [0.2, 0.25) is 5.82 Å². The monoisotopic (exact) mass is 405 g/mol. The van der Waals surface area contributed by atoms with Gasteiger partial charge in [0.25, 0.3) is 0 Å². The largest absolute Gasteiger partial charge is 0.451 e. The summed E-state index contributed by atoms with van der Waals surface area (Å²) in [6, 6.07) is 8.66. The van der Waals surface area contributed by atoms with E-state index >= 15 is 0 Å². The van der Waals surface area contributed by atoms with Crippen LogP contribution in [0.25, 0.3) is 11.2 Å². The van der Waals surface area contributed by atoms with Crippen LogP contribution in [-0.4, -0.2) is 45.1 Å². The summed E-state index contributed by atoms with van der Waals surface area (Å²) in [7, 11) is 0. The number of amides is 2. The van der Waals surface area contributed by atoms with Gasteiger partial charge < -0.3 is 20.5 Å². The van der Waals surface area contributed by atoms with Crippen LogP contribution in [0.4, 0.5) is 29.5 Å². The average molecular weight is 405 g/mol. The van der Waals surface area contributed by atoms with Crippen molar-refractivity contribution in [2.45, 2.75) is 25.1 Å². The molecular formula is C18H18F3N7O. The zero-order valence-electron chi connectivity index (χ0n) is 15.2. The van der Waals surface area contributed by atoms with Crippen molar-refractivity contribution in [1.29, 1.82) is 0 Å². The lowest BCUT2D eigenvalue weighted by atomic mass is 10.1. The number of anilines is 2. The minimum absolute atomic E-state index is 0.0233. The van der Waals surface area contributed by atoms with Crippen LogP contribution < -0.4 is 15.5 Å².